The largest absolute Gasteiger partial charge is 0.522 e. The summed E-state index contributed by atoms with van der Waals surface area (Å²) in [4.78, 5) is 0. The Hall–Kier alpha value is -1.74. The maximum Gasteiger partial charge on any atom is 0.522 e. The smallest absolute Gasteiger partial charge is 0.431 e. The number of benzene rings is 1. The Labute approximate surface area is 227 Å². The number of halogens is 6. The molecule has 0 heterocycles. The van der Waals surface area contributed by atoms with E-state index in [1.807, 2.05) is 0 Å². The maximum absolute atomic E-state index is 14.7. The molecular weight excluding hydrogens is 522 g/mol. The molecule has 0 unspecified atom stereocenters. The third-order valence-electron chi connectivity index (χ3n) is 8.81. The van der Waals surface area contributed by atoms with Crippen LogP contribution in [0.5, 0.6) is 5.75 Å². The second kappa shape index (κ2) is 13.3. The predicted octanol–water partition coefficient (Wildman–Crippen LogP) is 9.32. The van der Waals surface area contributed by atoms with Crippen molar-refractivity contribution in [1.29, 1.82) is 0 Å². The van der Waals surface area contributed by atoms with E-state index >= 15 is 0 Å². The standard InChI is InChI=1S/C30H40F6O3/c1-2-3-20-4-6-21(7-5-20)22-8-12-24(13-9-22)37-19-29(32,33)38-26-16-17-27(28(31)18-26)23-10-14-25(15-11-23)39-30(34,35)36/h2-3,16-18,20-25H,4-15,19H2,1H3/b3-2+. The highest BCUT2D eigenvalue weighted by Gasteiger charge is 2.37. The quantitative estimate of drug-likeness (QED) is 0.222. The molecule has 0 bridgehead atoms. The Kier molecular flexibility index (Phi) is 10.3. The highest BCUT2D eigenvalue weighted by molar-refractivity contribution is 5.31. The summed E-state index contributed by atoms with van der Waals surface area (Å²) in [6, 6.07) is 3.57. The summed E-state index contributed by atoms with van der Waals surface area (Å²) in [6.45, 7) is 1.16. The fourth-order valence-corrected chi connectivity index (χ4v) is 6.81. The molecule has 1 aromatic rings. The summed E-state index contributed by atoms with van der Waals surface area (Å²) in [5, 5.41) is 0. The molecule has 3 fully saturated rings. The Morgan fingerprint density at radius 3 is 1.95 bits per heavy atom. The van der Waals surface area contributed by atoms with Gasteiger partial charge in [0, 0.05) is 6.07 Å². The minimum atomic E-state index is -4.69. The molecule has 0 N–H and O–H groups in total. The molecular formula is C30H40F6O3. The second-order valence-corrected chi connectivity index (χ2v) is 11.5. The van der Waals surface area contributed by atoms with Crippen LogP contribution in [0.1, 0.15) is 95.5 Å². The van der Waals surface area contributed by atoms with Crippen molar-refractivity contribution in [3.05, 3.63) is 41.7 Å². The number of hydrogen-bond donors (Lipinski definition) is 0. The molecule has 0 atom stereocenters. The number of hydrogen-bond acceptors (Lipinski definition) is 3. The van der Waals surface area contributed by atoms with E-state index in [9.17, 15) is 26.3 Å². The lowest BCUT2D eigenvalue weighted by Crippen LogP contribution is -2.35. The Morgan fingerprint density at radius 1 is 0.795 bits per heavy atom. The van der Waals surface area contributed by atoms with Gasteiger partial charge in [0.2, 0.25) is 0 Å². The zero-order valence-corrected chi connectivity index (χ0v) is 22.5. The van der Waals surface area contributed by atoms with Crippen molar-refractivity contribution in [3.63, 3.8) is 0 Å². The molecule has 0 amide bonds. The van der Waals surface area contributed by atoms with E-state index in [4.69, 9.17) is 9.47 Å². The molecule has 0 saturated heterocycles. The Bertz CT molecular complexity index is 925. The van der Waals surface area contributed by atoms with E-state index in [2.05, 4.69) is 23.8 Å². The first kappa shape index (κ1) is 30.2. The van der Waals surface area contributed by atoms with Gasteiger partial charge >= 0.3 is 12.5 Å². The molecule has 0 aliphatic heterocycles. The van der Waals surface area contributed by atoms with E-state index in [0.29, 0.717) is 30.2 Å². The van der Waals surface area contributed by atoms with Crippen molar-refractivity contribution in [2.24, 2.45) is 17.8 Å². The van der Waals surface area contributed by atoms with Gasteiger partial charge in [0.25, 0.3) is 0 Å². The average molecular weight is 563 g/mol. The fraction of sp³-hybridized carbons (Fsp3) is 0.733. The summed E-state index contributed by atoms with van der Waals surface area (Å²) in [5.41, 5.74) is 0.291. The summed E-state index contributed by atoms with van der Waals surface area (Å²) >= 11 is 0. The van der Waals surface area contributed by atoms with Crippen molar-refractivity contribution in [2.45, 2.75) is 115 Å². The molecule has 0 aromatic heterocycles. The van der Waals surface area contributed by atoms with Gasteiger partial charge in [-0.3, -0.25) is 4.74 Å². The molecule has 0 spiro atoms. The van der Waals surface area contributed by atoms with E-state index in [0.717, 1.165) is 37.7 Å². The van der Waals surface area contributed by atoms with Crippen molar-refractivity contribution < 1.29 is 40.6 Å². The van der Waals surface area contributed by atoms with Gasteiger partial charge in [-0.15, -0.1) is 13.2 Å². The summed E-state index contributed by atoms with van der Waals surface area (Å²) in [7, 11) is 0. The number of ether oxygens (including phenoxy) is 3. The minimum Gasteiger partial charge on any atom is -0.431 e. The highest BCUT2D eigenvalue weighted by atomic mass is 19.4. The molecule has 3 nitrogen and oxygen atoms in total. The van der Waals surface area contributed by atoms with Crippen molar-refractivity contribution in [2.75, 3.05) is 6.61 Å². The zero-order chi connectivity index (χ0) is 28.0. The summed E-state index contributed by atoms with van der Waals surface area (Å²) in [5.74, 6) is 0.743. The van der Waals surface area contributed by atoms with Crippen LogP contribution in [-0.4, -0.2) is 31.3 Å². The zero-order valence-electron chi connectivity index (χ0n) is 22.5. The van der Waals surface area contributed by atoms with Gasteiger partial charge in [0.05, 0.1) is 12.2 Å². The third-order valence-corrected chi connectivity index (χ3v) is 8.81. The van der Waals surface area contributed by atoms with Gasteiger partial charge in [0.15, 0.2) is 6.61 Å². The van der Waals surface area contributed by atoms with E-state index in [1.165, 1.54) is 37.8 Å². The average Bonchev–Trinajstić information content (AvgIpc) is 2.88. The van der Waals surface area contributed by atoms with Gasteiger partial charge in [0.1, 0.15) is 11.6 Å². The van der Waals surface area contributed by atoms with Gasteiger partial charge < -0.3 is 9.47 Å². The lowest BCUT2D eigenvalue weighted by molar-refractivity contribution is -0.345. The van der Waals surface area contributed by atoms with Crippen LogP contribution in [0.3, 0.4) is 0 Å². The third kappa shape index (κ3) is 9.13. The van der Waals surface area contributed by atoms with Crippen LogP contribution < -0.4 is 4.74 Å². The van der Waals surface area contributed by atoms with Gasteiger partial charge in [-0.25, -0.2) is 4.39 Å². The van der Waals surface area contributed by atoms with Crippen LogP contribution in [0.15, 0.2) is 30.4 Å². The van der Waals surface area contributed by atoms with Gasteiger partial charge in [-0.05, 0) is 119 Å². The van der Waals surface area contributed by atoms with Gasteiger partial charge in [-0.2, -0.15) is 8.78 Å². The number of allylic oxidation sites excluding steroid dienone is 2. The van der Waals surface area contributed by atoms with Crippen LogP contribution in [-0.2, 0) is 9.47 Å². The second-order valence-electron chi connectivity index (χ2n) is 11.5. The first-order chi connectivity index (χ1) is 18.5. The fourth-order valence-electron chi connectivity index (χ4n) is 6.81. The molecule has 4 rings (SSSR count). The van der Waals surface area contributed by atoms with E-state index in [1.54, 1.807) is 0 Å². The monoisotopic (exact) mass is 562 g/mol. The lowest BCUT2D eigenvalue weighted by atomic mass is 9.70. The molecule has 220 valence electrons. The summed E-state index contributed by atoms with van der Waals surface area (Å²) in [6.07, 6.45) is 4.34. The molecule has 3 aliphatic rings. The highest BCUT2D eigenvalue weighted by Crippen LogP contribution is 2.41. The normalized spacial score (nSPS) is 30.9. The van der Waals surface area contributed by atoms with Crippen molar-refractivity contribution in [3.8, 4) is 5.75 Å². The first-order valence-corrected chi connectivity index (χ1v) is 14.4. The number of alkyl halides is 5. The van der Waals surface area contributed by atoms with E-state index in [-0.39, 0.29) is 30.6 Å². The van der Waals surface area contributed by atoms with Crippen LogP contribution in [0.4, 0.5) is 26.3 Å². The molecule has 1 aromatic carbocycles. The topological polar surface area (TPSA) is 27.7 Å². The lowest BCUT2D eigenvalue weighted by Gasteiger charge is -2.37. The Morgan fingerprint density at radius 2 is 1.38 bits per heavy atom. The molecule has 9 heteroatoms. The van der Waals surface area contributed by atoms with E-state index < -0.39 is 31.0 Å². The SMILES string of the molecule is C/C=C/C1CCC(C2CCC(OCC(F)(F)Oc3ccc(C4CCC(OC(F)(F)F)CC4)c(F)c3)CC2)CC1. The van der Waals surface area contributed by atoms with Gasteiger partial charge in [-0.1, -0.05) is 18.2 Å². The van der Waals surface area contributed by atoms with Crippen LogP contribution in [0.25, 0.3) is 0 Å². The minimum absolute atomic E-state index is 0.150. The summed E-state index contributed by atoms with van der Waals surface area (Å²) < 4.78 is 95.4. The first-order valence-electron chi connectivity index (χ1n) is 14.4. The predicted molar refractivity (Wildman–Crippen MR) is 136 cm³/mol. The van der Waals surface area contributed by atoms with Crippen molar-refractivity contribution >= 4 is 0 Å². The Balaban J connectivity index is 1.19. The maximum atomic E-state index is 14.7. The molecule has 0 radical (unpaired) electrons. The van der Waals surface area contributed by atoms with Crippen LogP contribution >= 0.6 is 0 Å². The van der Waals surface area contributed by atoms with Crippen molar-refractivity contribution in [1.82, 2.24) is 0 Å². The molecule has 3 saturated carbocycles. The van der Waals surface area contributed by atoms with Crippen LogP contribution in [0, 0.1) is 23.6 Å². The molecule has 39 heavy (non-hydrogen) atoms. The number of rotatable bonds is 9. The van der Waals surface area contributed by atoms with Crippen LogP contribution in [0.2, 0.25) is 0 Å². The molecule has 3 aliphatic carbocycles.